The number of hydrogen-bond donors (Lipinski definition) is 0. The van der Waals surface area contributed by atoms with Crippen LogP contribution in [0.2, 0.25) is 0 Å². The van der Waals surface area contributed by atoms with E-state index in [0.29, 0.717) is 0 Å². The summed E-state index contributed by atoms with van der Waals surface area (Å²) < 4.78 is 23.4. The number of cyclic esters (lactones) is 2. The Hall–Kier alpha value is -9.30. The Balaban J connectivity index is 1.16. The van der Waals surface area contributed by atoms with Gasteiger partial charge in [0.25, 0.3) is 0 Å². The van der Waals surface area contributed by atoms with Crippen LogP contribution in [0, 0.1) is 0 Å². The average Bonchev–Trinajstić information content (AvgIpc) is 3.35. The number of carbonyl (C=O) groups is 2. The number of nitrogens with zero attached hydrogens (tertiary/aromatic N) is 2. The van der Waals surface area contributed by atoms with Crippen molar-refractivity contribution in [1.82, 2.24) is 9.13 Å². The molecule has 7 nitrogen and oxygen atoms in total. The van der Waals surface area contributed by atoms with E-state index in [-0.39, 0.29) is 51.5 Å². The van der Waals surface area contributed by atoms with E-state index in [2.05, 4.69) is 9.13 Å². The molecule has 33 rings (SSSR count). The molecular formula is C68H12N2O5. The highest BCUT2D eigenvalue weighted by atomic mass is 16.6. The smallest absolute Gasteiger partial charge is 0.326 e. The van der Waals surface area contributed by atoms with Gasteiger partial charge in [-0.1, -0.05) is 0 Å². The molecular weight excluding hydrogens is 925 g/mol. The second kappa shape index (κ2) is 7.14. The lowest BCUT2D eigenvalue weighted by molar-refractivity contribution is -0.147. The third-order valence-electron chi connectivity index (χ3n) is 24.5. The summed E-state index contributed by atoms with van der Waals surface area (Å²) >= 11 is 0. The minimum Gasteiger partial charge on any atom is -0.462 e. The van der Waals surface area contributed by atoms with Gasteiger partial charge in [0.2, 0.25) is 0 Å². The van der Waals surface area contributed by atoms with Crippen LogP contribution in [0.25, 0.3) is 324 Å². The average molecular weight is 937 g/mol. The summed E-state index contributed by atoms with van der Waals surface area (Å²) in [7, 11) is 0. The number of rotatable bonds is 0. The fourth-order valence-corrected chi connectivity index (χ4v) is 23.9. The summed E-state index contributed by atoms with van der Waals surface area (Å²) in [5, 5.41) is 83.6. The van der Waals surface area contributed by atoms with E-state index in [1.54, 1.807) is 64.6 Å². The molecule has 0 N–H and O–H groups in total. The molecule has 0 atom stereocenters. The zero-order chi connectivity index (χ0) is 45.3. The Morgan fingerprint density at radius 2 is 0.360 bits per heavy atom. The maximum Gasteiger partial charge on any atom is 0.326 e. The SMILES string of the molecule is O=C1Cn2c3c4c5c6c7c8c9c%10c%11c%12c%13c%10c%10c8c8c%14c%10c%10c%13c%13c%15c%12c%12c%16c%11c%11c9c7c7c9c%11c%16c%11c%16c%12c%15c%12c%15c%13c%10c%10c%14c(c4c86)c4c%10c%15c6c%12c%16c8c%11c9c(c75)c3c8c6n(c42)CC(=O)OCCOCCO1. The van der Waals surface area contributed by atoms with Crippen molar-refractivity contribution >= 4 is 336 Å². The van der Waals surface area contributed by atoms with Crippen molar-refractivity contribution in [3.8, 4) is 0 Å². The predicted octanol–water partition coefficient (Wildman–Crippen LogP) is 16.6. The van der Waals surface area contributed by atoms with Crippen LogP contribution in [-0.2, 0) is 36.9 Å². The topological polar surface area (TPSA) is 71.7 Å². The molecule has 3 aromatic heterocycles. The second-order valence-corrected chi connectivity index (χ2v) is 25.6. The summed E-state index contributed by atoms with van der Waals surface area (Å²) in [6, 6.07) is 0. The third-order valence-corrected chi connectivity index (χ3v) is 24.5. The second-order valence-electron chi connectivity index (χ2n) is 25.6. The van der Waals surface area contributed by atoms with Crippen LogP contribution in [0.15, 0.2) is 0 Å². The van der Waals surface area contributed by atoms with Crippen molar-refractivity contribution in [2.45, 2.75) is 13.1 Å². The maximum absolute atomic E-state index is 15.2. The van der Waals surface area contributed by atoms with Crippen molar-refractivity contribution < 1.29 is 23.8 Å². The number of hydrogen-bond acceptors (Lipinski definition) is 5. The first-order valence-electron chi connectivity index (χ1n) is 27.2. The van der Waals surface area contributed by atoms with E-state index >= 15 is 9.59 Å². The molecule has 4 heterocycles. The van der Waals surface area contributed by atoms with E-state index in [0.717, 1.165) is 16.7 Å². The van der Waals surface area contributed by atoms with Gasteiger partial charge in [-0.05, 0) is 0 Å². The molecule has 1 aliphatic heterocycles. The van der Waals surface area contributed by atoms with Gasteiger partial charge in [0.15, 0.2) is 0 Å². The third kappa shape index (κ3) is 1.79. The molecule has 0 saturated carbocycles. The molecule has 324 valence electrons. The molecule has 7 heteroatoms. The van der Waals surface area contributed by atoms with E-state index < -0.39 is 0 Å². The molecule has 0 fully saturated rings. The lowest BCUT2D eigenvalue weighted by Gasteiger charge is -2.17. The molecule has 0 radical (unpaired) electrons. The maximum atomic E-state index is 15.2. The molecule has 0 spiro atoms. The molecule has 32 aromatic rings. The first-order chi connectivity index (χ1) is 37.3. The Kier molecular flexibility index (Phi) is 2.80. The van der Waals surface area contributed by atoms with Crippen molar-refractivity contribution in [3.05, 3.63) is 0 Å². The fraction of sp³-hybridized carbons (Fsp3) is 0.0882. The molecule has 29 aromatic carbocycles. The Labute approximate surface area is 406 Å². The van der Waals surface area contributed by atoms with Gasteiger partial charge in [0.05, 0.1) is 24.2 Å². The summed E-state index contributed by atoms with van der Waals surface area (Å²) in [4.78, 5) is 30.4. The normalized spacial score (nSPS) is 18.6. The number of benzene rings is 18. The molecule has 0 aliphatic carbocycles. The van der Waals surface area contributed by atoms with Crippen LogP contribution < -0.4 is 0 Å². The minimum atomic E-state index is -0.277. The van der Waals surface area contributed by atoms with Crippen molar-refractivity contribution in [1.29, 1.82) is 0 Å². The number of ether oxygens (including phenoxy) is 3. The largest absolute Gasteiger partial charge is 0.462 e. The van der Waals surface area contributed by atoms with Gasteiger partial charge in [-0.15, -0.1) is 0 Å². The molecule has 0 saturated heterocycles. The van der Waals surface area contributed by atoms with Crippen molar-refractivity contribution in [3.63, 3.8) is 0 Å². The van der Waals surface area contributed by atoms with E-state index in [1.807, 2.05) is 0 Å². The molecule has 5 bridgehead atoms. The van der Waals surface area contributed by atoms with Gasteiger partial charge in [0, 0.05) is 307 Å². The van der Waals surface area contributed by atoms with Gasteiger partial charge in [-0.25, -0.2) is 0 Å². The van der Waals surface area contributed by atoms with E-state index in [1.165, 1.54) is 242 Å². The standard InChI is InChI=1S/C68H12N2O5/c71-7-5-69-66-61-53-43-33-23-15-10-9-11-13-12(10)21-25(23)35-39-29(21)30-22(13)26-24-16(11)20-18-14(9)17-19(15)31(33)41-37-27(17)28(18)38-42-32(20)34(24)44-48-36(26)40(30)50-49(39)59(57(61)47(35)43)65-60(50)58(48)62-54(44)52(42)56-46(38)45(37)55(51(41)53)63(66)64(56)67(62)70(68(65)69)6-8(72)75-4-2-73-1-3-74-7/h1-6H2. The van der Waals surface area contributed by atoms with Crippen LogP contribution in [0.1, 0.15) is 0 Å². The summed E-state index contributed by atoms with van der Waals surface area (Å²) in [5.74, 6) is -0.555. The number of aromatic nitrogens is 2. The van der Waals surface area contributed by atoms with Crippen LogP contribution in [0.4, 0.5) is 0 Å². The van der Waals surface area contributed by atoms with Crippen molar-refractivity contribution in [2.75, 3.05) is 26.4 Å². The van der Waals surface area contributed by atoms with Gasteiger partial charge >= 0.3 is 11.9 Å². The van der Waals surface area contributed by atoms with Gasteiger partial charge in [0.1, 0.15) is 32.0 Å². The lowest BCUT2D eigenvalue weighted by Crippen LogP contribution is -2.22. The number of carbonyl (C=O) groups excluding carboxylic acids is 2. The Bertz CT molecular complexity index is 7500. The van der Waals surface area contributed by atoms with Crippen LogP contribution in [-0.4, -0.2) is 47.5 Å². The van der Waals surface area contributed by atoms with E-state index in [4.69, 9.17) is 14.2 Å². The molecule has 75 heavy (non-hydrogen) atoms. The van der Waals surface area contributed by atoms with Crippen molar-refractivity contribution in [2.24, 2.45) is 0 Å². The summed E-state index contributed by atoms with van der Waals surface area (Å²) in [6.45, 7) is 0.762. The van der Waals surface area contributed by atoms with Gasteiger partial charge in [-0.2, -0.15) is 0 Å². The number of esters is 2. The van der Waals surface area contributed by atoms with Gasteiger partial charge in [-0.3, -0.25) is 9.59 Å². The summed E-state index contributed by atoms with van der Waals surface area (Å²) in [5.41, 5.74) is 3.23. The highest BCUT2D eigenvalue weighted by Crippen LogP contribution is 2.79. The zero-order valence-electron chi connectivity index (χ0n) is 38.2. The van der Waals surface area contributed by atoms with E-state index in [9.17, 15) is 0 Å². The first kappa shape index (κ1) is 29.4. The highest BCUT2D eigenvalue weighted by Gasteiger charge is 2.51. The quantitative estimate of drug-likeness (QED) is 0.112. The van der Waals surface area contributed by atoms with Crippen LogP contribution in [0.5, 0.6) is 0 Å². The van der Waals surface area contributed by atoms with Gasteiger partial charge < -0.3 is 23.3 Å². The lowest BCUT2D eigenvalue weighted by atomic mass is 9.87. The highest BCUT2D eigenvalue weighted by molar-refractivity contribution is 6.84. The predicted molar refractivity (Wildman–Crippen MR) is 307 cm³/mol. The monoisotopic (exact) mass is 936 g/mol. The fourth-order valence-electron chi connectivity index (χ4n) is 23.9. The summed E-state index contributed by atoms with van der Waals surface area (Å²) in [6.07, 6.45) is 0. The molecule has 0 amide bonds. The van der Waals surface area contributed by atoms with Crippen LogP contribution in [0.3, 0.4) is 0 Å². The minimum absolute atomic E-state index is 0.00451. The van der Waals surface area contributed by atoms with Crippen LogP contribution >= 0.6 is 0 Å². The molecule has 1 aliphatic rings. The zero-order valence-corrected chi connectivity index (χ0v) is 38.2. The first-order valence-corrected chi connectivity index (χ1v) is 27.2. The molecule has 0 unspecified atom stereocenters. The Morgan fingerprint density at radius 1 is 0.200 bits per heavy atom. The Morgan fingerprint density at radius 3 is 0.560 bits per heavy atom.